The van der Waals surface area contributed by atoms with Crippen LogP contribution in [0.25, 0.3) is 5.65 Å². The molecule has 142 valence electrons. The van der Waals surface area contributed by atoms with Crippen molar-refractivity contribution in [2.75, 3.05) is 0 Å². The molecular formula is C20H19ClN6O. The maximum absolute atomic E-state index is 13.1. The molecule has 4 aromatic rings. The Kier molecular flexibility index (Phi) is 4.60. The number of nitrogens with one attached hydrogen (secondary N) is 1. The average molecular weight is 395 g/mol. The zero-order chi connectivity index (χ0) is 19.8. The summed E-state index contributed by atoms with van der Waals surface area (Å²) >= 11 is 6.03. The molecular weight excluding hydrogens is 376 g/mol. The minimum atomic E-state index is -0.439. The van der Waals surface area contributed by atoms with Gasteiger partial charge in [-0.3, -0.25) is 4.79 Å². The lowest BCUT2D eigenvalue weighted by atomic mass is 10.1. The standard InChI is InChI=1S/C20H19ClN6O/c1-12-10-13(2)27-18(24-12)16(11-23-27)20(28)25-17(19-22-8-9-26(19)3)14-4-6-15(21)7-5-14/h4-11,17H,1-3H3,(H,25,28)/t17-/m0/s1. The zero-order valence-corrected chi connectivity index (χ0v) is 16.5. The first-order valence-electron chi connectivity index (χ1n) is 8.79. The Labute approximate surface area is 167 Å². The molecule has 1 N–H and O–H groups in total. The molecule has 1 atom stereocenters. The molecule has 1 aromatic carbocycles. The molecule has 0 aliphatic carbocycles. The summed E-state index contributed by atoms with van der Waals surface area (Å²) in [6.07, 6.45) is 5.09. The van der Waals surface area contributed by atoms with Gasteiger partial charge in [-0.1, -0.05) is 23.7 Å². The molecule has 7 nitrogen and oxygen atoms in total. The van der Waals surface area contributed by atoms with E-state index in [0.29, 0.717) is 22.1 Å². The minimum Gasteiger partial charge on any atom is -0.338 e. The number of amides is 1. The molecule has 0 saturated carbocycles. The van der Waals surface area contributed by atoms with Crippen molar-refractivity contribution in [3.8, 4) is 0 Å². The fourth-order valence-corrected chi connectivity index (χ4v) is 3.37. The van der Waals surface area contributed by atoms with E-state index in [4.69, 9.17) is 11.6 Å². The van der Waals surface area contributed by atoms with Crippen LogP contribution in [0.2, 0.25) is 5.02 Å². The fourth-order valence-electron chi connectivity index (χ4n) is 3.25. The third-order valence-electron chi connectivity index (χ3n) is 4.62. The van der Waals surface area contributed by atoms with Gasteiger partial charge in [0.25, 0.3) is 5.91 Å². The third kappa shape index (κ3) is 3.25. The summed E-state index contributed by atoms with van der Waals surface area (Å²) in [5.74, 6) is 0.447. The Morgan fingerprint density at radius 2 is 1.96 bits per heavy atom. The summed E-state index contributed by atoms with van der Waals surface area (Å²) < 4.78 is 3.54. The molecule has 8 heteroatoms. The van der Waals surface area contributed by atoms with Crippen molar-refractivity contribution in [2.24, 2.45) is 7.05 Å². The first-order chi connectivity index (χ1) is 13.4. The van der Waals surface area contributed by atoms with E-state index in [1.807, 2.05) is 49.9 Å². The van der Waals surface area contributed by atoms with Crippen molar-refractivity contribution in [1.29, 1.82) is 0 Å². The van der Waals surface area contributed by atoms with Gasteiger partial charge in [0.1, 0.15) is 17.4 Å². The number of carbonyl (C=O) groups is 1. The first kappa shape index (κ1) is 18.2. The molecule has 28 heavy (non-hydrogen) atoms. The second-order valence-electron chi connectivity index (χ2n) is 6.69. The Morgan fingerprint density at radius 3 is 2.64 bits per heavy atom. The lowest BCUT2D eigenvalue weighted by Gasteiger charge is -2.19. The lowest BCUT2D eigenvalue weighted by molar-refractivity contribution is 0.0942. The molecule has 0 unspecified atom stereocenters. The van der Waals surface area contributed by atoms with Crippen LogP contribution in [0.5, 0.6) is 0 Å². The molecule has 1 amide bonds. The molecule has 0 fully saturated rings. The van der Waals surface area contributed by atoms with Crippen molar-refractivity contribution in [2.45, 2.75) is 19.9 Å². The third-order valence-corrected chi connectivity index (χ3v) is 4.87. The van der Waals surface area contributed by atoms with Crippen LogP contribution in [-0.2, 0) is 7.05 Å². The predicted octanol–water partition coefficient (Wildman–Crippen LogP) is 3.25. The van der Waals surface area contributed by atoms with E-state index in [2.05, 4.69) is 20.4 Å². The Bertz CT molecular complexity index is 1160. The van der Waals surface area contributed by atoms with Gasteiger partial charge < -0.3 is 9.88 Å². The normalized spacial score (nSPS) is 12.3. The zero-order valence-electron chi connectivity index (χ0n) is 15.7. The lowest BCUT2D eigenvalue weighted by Crippen LogP contribution is -2.31. The maximum atomic E-state index is 13.1. The highest BCUT2D eigenvalue weighted by atomic mass is 35.5. The number of hydrogen-bond acceptors (Lipinski definition) is 4. The highest BCUT2D eigenvalue weighted by molar-refractivity contribution is 6.30. The molecule has 3 aromatic heterocycles. The van der Waals surface area contributed by atoms with Crippen LogP contribution in [0.3, 0.4) is 0 Å². The minimum absolute atomic E-state index is 0.268. The molecule has 0 spiro atoms. The summed E-state index contributed by atoms with van der Waals surface area (Å²) in [7, 11) is 1.89. The predicted molar refractivity (Wildman–Crippen MR) is 106 cm³/mol. The quantitative estimate of drug-likeness (QED) is 0.576. The highest BCUT2D eigenvalue weighted by Crippen LogP contribution is 2.23. The van der Waals surface area contributed by atoms with E-state index in [1.165, 1.54) is 0 Å². The van der Waals surface area contributed by atoms with Crippen LogP contribution in [0, 0.1) is 13.8 Å². The summed E-state index contributed by atoms with van der Waals surface area (Å²) in [5.41, 5.74) is 3.58. The summed E-state index contributed by atoms with van der Waals surface area (Å²) in [6, 6.07) is 8.83. The first-order valence-corrected chi connectivity index (χ1v) is 9.17. The number of carbonyl (C=O) groups excluding carboxylic acids is 1. The number of aromatic nitrogens is 5. The molecule has 4 rings (SSSR count). The van der Waals surface area contributed by atoms with Gasteiger partial charge in [0.15, 0.2) is 5.65 Å². The Balaban J connectivity index is 1.74. The molecule has 0 saturated heterocycles. The number of rotatable bonds is 4. The molecule has 0 aliphatic heterocycles. The van der Waals surface area contributed by atoms with Crippen LogP contribution in [0.4, 0.5) is 0 Å². The molecule has 0 bridgehead atoms. The number of benzene rings is 1. The fraction of sp³-hybridized carbons (Fsp3) is 0.200. The van der Waals surface area contributed by atoms with Crippen molar-refractivity contribution in [3.63, 3.8) is 0 Å². The van der Waals surface area contributed by atoms with E-state index in [9.17, 15) is 4.79 Å². The monoisotopic (exact) mass is 394 g/mol. The van der Waals surface area contributed by atoms with E-state index < -0.39 is 6.04 Å². The van der Waals surface area contributed by atoms with Gasteiger partial charge in [0.2, 0.25) is 0 Å². The van der Waals surface area contributed by atoms with Crippen molar-refractivity contribution >= 4 is 23.2 Å². The Hall–Kier alpha value is -3.19. The smallest absolute Gasteiger partial charge is 0.257 e. The van der Waals surface area contributed by atoms with Gasteiger partial charge in [-0.15, -0.1) is 0 Å². The van der Waals surface area contributed by atoms with E-state index >= 15 is 0 Å². The van der Waals surface area contributed by atoms with Crippen LogP contribution >= 0.6 is 11.6 Å². The topological polar surface area (TPSA) is 77.1 Å². The van der Waals surface area contributed by atoms with E-state index in [-0.39, 0.29) is 5.91 Å². The number of nitrogens with zero attached hydrogens (tertiary/aromatic N) is 5. The number of aryl methyl sites for hydroxylation is 3. The van der Waals surface area contributed by atoms with Gasteiger partial charge in [0, 0.05) is 35.9 Å². The molecule has 0 aliphatic rings. The van der Waals surface area contributed by atoms with Crippen LogP contribution in [0.15, 0.2) is 48.9 Å². The van der Waals surface area contributed by atoms with Crippen LogP contribution < -0.4 is 5.32 Å². The molecule has 3 heterocycles. The average Bonchev–Trinajstić information content (AvgIpc) is 3.27. The second-order valence-corrected chi connectivity index (χ2v) is 7.12. The number of halogens is 1. The van der Waals surface area contributed by atoms with Crippen LogP contribution in [0.1, 0.15) is 39.2 Å². The number of imidazole rings is 1. The molecule has 0 radical (unpaired) electrons. The maximum Gasteiger partial charge on any atom is 0.257 e. The highest BCUT2D eigenvalue weighted by Gasteiger charge is 2.24. The van der Waals surface area contributed by atoms with Gasteiger partial charge in [-0.05, 0) is 37.6 Å². The van der Waals surface area contributed by atoms with Gasteiger partial charge in [0.05, 0.1) is 6.20 Å². The second kappa shape index (κ2) is 7.09. The van der Waals surface area contributed by atoms with Gasteiger partial charge >= 0.3 is 0 Å². The SMILES string of the molecule is Cc1cc(C)n2ncc(C(=O)N[C@@H](c3ccc(Cl)cc3)c3nccn3C)c2n1. The number of fused-ring (bicyclic) bond motifs is 1. The van der Waals surface area contributed by atoms with Crippen molar-refractivity contribution in [1.82, 2.24) is 29.5 Å². The van der Waals surface area contributed by atoms with Gasteiger partial charge in [-0.2, -0.15) is 5.10 Å². The van der Waals surface area contributed by atoms with E-state index in [0.717, 1.165) is 17.0 Å². The van der Waals surface area contributed by atoms with E-state index in [1.54, 1.807) is 29.0 Å². The summed E-state index contributed by atoms with van der Waals surface area (Å²) in [4.78, 5) is 22.0. The summed E-state index contributed by atoms with van der Waals surface area (Å²) in [5, 5.41) is 8.01. The van der Waals surface area contributed by atoms with Crippen molar-refractivity contribution < 1.29 is 4.79 Å². The largest absolute Gasteiger partial charge is 0.338 e. The Morgan fingerprint density at radius 1 is 1.21 bits per heavy atom. The van der Waals surface area contributed by atoms with Crippen LogP contribution in [-0.4, -0.2) is 30.1 Å². The summed E-state index contributed by atoms with van der Waals surface area (Å²) in [6.45, 7) is 3.83. The van der Waals surface area contributed by atoms with Gasteiger partial charge in [-0.25, -0.2) is 14.5 Å². The van der Waals surface area contributed by atoms with Crippen molar-refractivity contribution in [3.05, 3.63) is 82.3 Å². The number of hydrogen-bond donors (Lipinski definition) is 1.